The lowest BCUT2D eigenvalue weighted by Crippen LogP contribution is -2.28. The number of amides is 1. The molecule has 0 saturated heterocycles. The van der Waals surface area contributed by atoms with Crippen LogP contribution in [0.4, 0.5) is 8.78 Å². The molecule has 1 N–H and O–H groups in total. The number of carbonyl (C=O) groups excluding carboxylic acids is 1. The Morgan fingerprint density at radius 3 is 2.62 bits per heavy atom. The molecule has 0 fully saturated rings. The number of halogens is 3. The van der Waals surface area contributed by atoms with Crippen molar-refractivity contribution < 1.29 is 18.3 Å². The summed E-state index contributed by atoms with van der Waals surface area (Å²) in [6, 6.07) is 7.15. The zero-order chi connectivity index (χ0) is 19.3. The van der Waals surface area contributed by atoms with Crippen molar-refractivity contribution in [3.63, 3.8) is 0 Å². The Kier molecular flexibility index (Phi) is 6.32. The van der Waals surface area contributed by atoms with E-state index in [0.717, 1.165) is 12.5 Å². The van der Waals surface area contributed by atoms with Gasteiger partial charge in [0, 0.05) is 37.7 Å². The van der Waals surface area contributed by atoms with Crippen LogP contribution in [0.15, 0.2) is 42.6 Å². The molecule has 0 unspecified atom stereocenters. The van der Waals surface area contributed by atoms with Gasteiger partial charge in [0.1, 0.15) is 5.75 Å². The third-order valence-corrected chi connectivity index (χ3v) is 3.72. The first-order valence-electron chi connectivity index (χ1n) is 7.92. The summed E-state index contributed by atoms with van der Waals surface area (Å²) in [4.78, 5) is 15.1. The molecule has 2 aromatic rings. The van der Waals surface area contributed by atoms with Crippen LogP contribution in [-0.4, -0.2) is 16.9 Å². The molecular weight excluding hydrogens is 362 g/mol. The van der Waals surface area contributed by atoms with Crippen LogP contribution in [0.2, 0.25) is 5.02 Å². The Morgan fingerprint density at radius 1 is 1.35 bits per heavy atom. The standard InChI is InChI=1S/C19H19ClF2N2O2/c1-12(24-13(2)25)4-5-14-6-9-18(23-11-14)26-17-8-7-15(10-16(17)20)19(3,21)22/h4-12H,1-3H3,(H,24,25)/b5-4+/t12-/m0/s1. The highest BCUT2D eigenvalue weighted by atomic mass is 35.5. The van der Waals surface area contributed by atoms with E-state index >= 15 is 0 Å². The summed E-state index contributed by atoms with van der Waals surface area (Å²) in [7, 11) is 0. The molecule has 26 heavy (non-hydrogen) atoms. The number of ether oxygens (including phenoxy) is 1. The lowest BCUT2D eigenvalue weighted by molar-refractivity contribution is -0.119. The van der Waals surface area contributed by atoms with Gasteiger partial charge in [0.25, 0.3) is 5.92 Å². The Hall–Kier alpha value is -2.47. The SMILES string of the molecule is CC(=O)N[C@@H](C)/C=C/c1ccc(Oc2ccc(C(C)(F)F)cc2Cl)nc1. The molecule has 0 spiro atoms. The van der Waals surface area contributed by atoms with E-state index in [-0.39, 0.29) is 34.2 Å². The van der Waals surface area contributed by atoms with Gasteiger partial charge in [0.05, 0.1) is 5.02 Å². The number of carbonyl (C=O) groups is 1. The molecule has 0 aliphatic rings. The molecule has 1 aromatic heterocycles. The summed E-state index contributed by atoms with van der Waals surface area (Å²) >= 11 is 6.01. The lowest BCUT2D eigenvalue weighted by Gasteiger charge is -2.13. The zero-order valence-corrected chi connectivity index (χ0v) is 15.3. The first kappa shape index (κ1) is 19.8. The topological polar surface area (TPSA) is 51.2 Å². The van der Waals surface area contributed by atoms with Gasteiger partial charge >= 0.3 is 0 Å². The van der Waals surface area contributed by atoms with Crippen LogP contribution < -0.4 is 10.1 Å². The van der Waals surface area contributed by atoms with Crippen molar-refractivity contribution in [2.24, 2.45) is 0 Å². The smallest absolute Gasteiger partial charge is 0.270 e. The van der Waals surface area contributed by atoms with Gasteiger partial charge in [-0.2, -0.15) is 0 Å². The molecule has 0 radical (unpaired) electrons. The maximum Gasteiger partial charge on any atom is 0.270 e. The van der Waals surface area contributed by atoms with E-state index in [4.69, 9.17) is 16.3 Å². The molecule has 0 aliphatic carbocycles. The fourth-order valence-electron chi connectivity index (χ4n) is 2.14. The number of hydrogen-bond acceptors (Lipinski definition) is 3. The van der Waals surface area contributed by atoms with E-state index in [9.17, 15) is 13.6 Å². The van der Waals surface area contributed by atoms with Crippen molar-refractivity contribution in [3.8, 4) is 11.6 Å². The average Bonchev–Trinajstić information content (AvgIpc) is 2.54. The van der Waals surface area contributed by atoms with Crippen LogP contribution in [-0.2, 0) is 10.7 Å². The van der Waals surface area contributed by atoms with Crippen molar-refractivity contribution in [2.45, 2.75) is 32.7 Å². The number of nitrogens with one attached hydrogen (secondary N) is 1. The summed E-state index contributed by atoms with van der Waals surface area (Å²) < 4.78 is 32.1. The molecule has 4 nitrogen and oxygen atoms in total. The van der Waals surface area contributed by atoms with Crippen LogP contribution in [0.5, 0.6) is 11.6 Å². The molecule has 1 heterocycles. The van der Waals surface area contributed by atoms with Crippen LogP contribution in [0.3, 0.4) is 0 Å². The highest BCUT2D eigenvalue weighted by Crippen LogP contribution is 2.34. The Morgan fingerprint density at radius 2 is 2.08 bits per heavy atom. The number of benzene rings is 1. The lowest BCUT2D eigenvalue weighted by atomic mass is 10.1. The predicted molar refractivity (Wildman–Crippen MR) is 97.6 cm³/mol. The van der Waals surface area contributed by atoms with Gasteiger partial charge in [-0.05, 0) is 36.8 Å². The third kappa shape index (κ3) is 5.81. The number of alkyl halides is 2. The van der Waals surface area contributed by atoms with Crippen LogP contribution in [0.25, 0.3) is 6.08 Å². The molecule has 0 bridgehead atoms. The first-order chi connectivity index (χ1) is 12.1. The molecule has 2 rings (SSSR count). The number of nitrogens with zero attached hydrogens (tertiary/aromatic N) is 1. The summed E-state index contributed by atoms with van der Waals surface area (Å²) in [5.41, 5.74) is 0.637. The number of pyridine rings is 1. The Labute approximate surface area is 155 Å². The monoisotopic (exact) mass is 380 g/mol. The minimum absolute atomic E-state index is 0.0823. The van der Waals surface area contributed by atoms with Gasteiger partial charge in [-0.15, -0.1) is 0 Å². The normalized spacial score (nSPS) is 12.8. The van der Waals surface area contributed by atoms with Crippen molar-refractivity contribution in [1.82, 2.24) is 10.3 Å². The van der Waals surface area contributed by atoms with Gasteiger partial charge in [-0.25, -0.2) is 13.8 Å². The highest BCUT2D eigenvalue weighted by molar-refractivity contribution is 6.32. The van der Waals surface area contributed by atoms with Gasteiger partial charge in [-0.3, -0.25) is 4.79 Å². The first-order valence-corrected chi connectivity index (χ1v) is 8.30. The van der Waals surface area contributed by atoms with Crippen molar-refractivity contribution in [2.75, 3.05) is 0 Å². The van der Waals surface area contributed by atoms with E-state index in [1.54, 1.807) is 18.3 Å². The molecule has 7 heteroatoms. The second-order valence-corrected chi connectivity index (χ2v) is 6.32. The third-order valence-electron chi connectivity index (χ3n) is 3.42. The van der Waals surface area contributed by atoms with Crippen LogP contribution >= 0.6 is 11.6 Å². The summed E-state index contributed by atoms with van der Waals surface area (Å²) in [6.45, 7) is 4.12. The molecule has 138 valence electrons. The Bertz CT molecular complexity index is 802. The molecular formula is C19H19ClF2N2O2. The minimum Gasteiger partial charge on any atom is -0.437 e. The van der Waals surface area contributed by atoms with E-state index < -0.39 is 5.92 Å². The molecule has 1 amide bonds. The van der Waals surface area contributed by atoms with Crippen LogP contribution in [0.1, 0.15) is 31.9 Å². The largest absolute Gasteiger partial charge is 0.437 e. The van der Waals surface area contributed by atoms with Crippen molar-refractivity contribution in [3.05, 3.63) is 58.8 Å². The fourth-order valence-corrected chi connectivity index (χ4v) is 2.36. The second kappa shape index (κ2) is 8.27. The number of aromatic nitrogens is 1. The summed E-state index contributed by atoms with van der Waals surface area (Å²) in [5, 5.41) is 2.82. The predicted octanol–water partition coefficient (Wildman–Crippen LogP) is 5.18. The number of rotatable bonds is 6. The van der Waals surface area contributed by atoms with E-state index in [2.05, 4.69) is 10.3 Å². The summed E-state index contributed by atoms with van der Waals surface area (Å²) in [5.74, 6) is -2.54. The van der Waals surface area contributed by atoms with E-state index in [0.29, 0.717) is 0 Å². The summed E-state index contributed by atoms with van der Waals surface area (Å²) in [6.07, 6.45) is 5.25. The Balaban J connectivity index is 2.05. The minimum atomic E-state index is -2.97. The van der Waals surface area contributed by atoms with Crippen LogP contribution in [0, 0.1) is 0 Å². The van der Waals surface area contributed by atoms with Gasteiger partial charge < -0.3 is 10.1 Å². The van der Waals surface area contributed by atoms with E-state index in [1.165, 1.54) is 25.1 Å². The van der Waals surface area contributed by atoms with Crippen molar-refractivity contribution in [1.29, 1.82) is 0 Å². The quantitative estimate of drug-likeness (QED) is 0.751. The average molecular weight is 381 g/mol. The fraction of sp³-hybridized carbons (Fsp3) is 0.263. The van der Waals surface area contributed by atoms with Gasteiger partial charge in [0.2, 0.25) is 11.8 Å². The second-order valence-electron chi connectivity index (χ2n) is 5.91. The highest BCUT2D eigenvalue weighted by Gasteiger charge is 2.25. The molecule has 1 atom stereocenters. The maximum absolute atomic E-state index is 13.3. The van der Waals surface area contributed by atoms with Gasteiger partial charge in [-0.1, -0.05) is 23.8 Å². The van der Waals surface area contributed by atoms with E-state index in [1.807, 2.05) is 19.1 Å². The molecule has 0 aliphatic heterocycles. The van der Waals surface area contributed by atoms with Crippen molar-refractivity contribution >= 4 is 23.6 Å². The molecule has 0 saturated carbocycles. The zero-order valence-electron chi connectivity index (χ0n) is 14.6. The maximum atomic E-state index is 13.3. The van der Waals surface area contributed by atoms with Gasteiger partial charge in [0.15, 0.2) is 0 Å². The number of hydrogen-bond donors (Lipinski definition) is 1. The molecule has 1 aromatic carbocycles.